The van der Waals surface area contributed by atoms with Crippen LogP contribution in [0, 0.1) is 19.8 Å². The number of imidazole rings is 1. The van der Waals surface area contributed by atoms with E-state index in [1.54, 1.807) is 0 Å². The number of H-pyrrole nitrogens is 1. The molecule has 0 bridgehead atoms. The first kappa shape index (κ1) is 17.0. The van der Waals surface area contributed by atoms with E-state index in [4.69, 9.17) is 4.74 Å². The Morgan fingerprint density at radius 3 is 3.08 bits per heavy atom. The molecule has 1 aliphatic rings. The molecule has 3 rings (SSSR count). The highest BCUT2D eigenvalue weighted by Crippen LogP contribution is 2.20. The second kappa shape index (κ2) is 7.79. The number of fused-ring (bicyclic) bond motifs is 1. The van der Waals surface area contributed by atoms with Crippen LogP contribution in [0.1, 0.15) is 42.6 Å². The van der Waals surface area contributed by atoms with E-state index in [0.29, 0.717) is 18.8 Å². The number of carbonyl (C=O) groups is 1. The summed E-state index contributed by atoms with van der Waals surface area (Å²) < 4.78 is 5.37. The second-order valence-electron chi connectivity index (χ2n) is 6.81. The highest BCUT2D eigenvalue weighted by atomic mass is 16.5. The second-order valence-corrected chi connectivity index (χ2v) is 6.81. The number of nitrogens with one attached hydrogen (secondary N) is 2. The number of carbonyl (C=O) groups excluding carboxylic acids is 1. The molecule has 1 saturated heterocycles. The molecule has 1 unspecified atom stereocenters. The van der Waals surface area contributed by atoms with Gasteiger partial charge in [0.15, 0.2) is 0 Å². The van der Waals surface area contributed by atoms with Gasteiger partial charge < -0.3 is 15.0 Å². The molecule has 0 saturated carbocycles. The number of amides is 1. The summed E-state index contributed by atoms with van der Waals surface area (Å²) in [5.41, 5.74) is 4.51. The highest BCUT2D eigenvalue weighted by molar-refractivity contribution is 5.80. The molecule has 2 heterocycles. The molecule has 1 aliphatic heterocycles. The van der Waals surface area contributed by atoms with E-state index in [9.17, 15) is 4.79 Å². The Labute approximate surface area is 143 Å². The summed E-state index contributed by atoms with van der Waals surface area (Å²) >= 11 is 0. The molecule has 0 aliphatic carbocycles. The van der Waals surface area contributed by atoms with Crippen LogP contribution in [0.3, 0.4) is 0 Å². The molecule has 24 heavy (non-hydrogen) atoms. The van der Waals surface area contributed by atoms with E-state index >= 15 is 0 Å². The lowest BCUT2D eigenvalue weighted by Crippen LogP contribution is -2.25. The van der Waals surface area contributed by atoms with Crippen molar-refractivity contribution in [3.05, 3.63) is 29.1 Å². The van der Waals surface area contributed by atoms with Gasteiger partial charge in [0.2, 0.25) is 5.91 Å². The summed E-state index contributed by atoms with van der Waals surface area (Å²) in [7, 11) is 0. The van der Waals surface area contributed by atoms with Crippen molar-refractivity contribution < 1.29 is 9.53 Å². The molecule has 5 nitrogen and oxygen atoms in total. The van der Waals surface area contributed by atoms with Crippen LogP contribution in [0.2, 0.25) is 0 Å². The van der Waals surface area contributed by atoms with Crippen LogP contribution in [0.5, 0.6) is 0 Å². The summed E-state index contributed by atoms with van der Waals surface area (Å²) in [4.78, 5) is 19.9. The fourth-order valence-corrected chi connectivity index (χ4v) is 3.23. The number of aromatic nitrogens is 2. The van der Waals surface area contributed by atoms with E-state index < -0.39 is 0 Å². The van der Waals surface area contributed by atoms with Gasteiger partial charge in [-0.3, -0.25) is 4.79 Å². The normalized spacial score (nSPS) is 17.5. The van der Waals surface area contributed by atoms with Gasteiger partial charge in [-0.1, -0.05) is 6.07 Å². The Hall–Kier alpha value is -1.88. The van der Waals surface area contributed by atoms with E-state index in [-0.39, 0.29) is 5.91 Å². The quantitative estimate of drug-likeness (QED) is 0.767. The van der Waals surface area contributed by atoms with Crippen LogP contribution in [0.15, 0.2) is 12.1 Å². The van der Waals surface area contributed by atoms with Gasteiger partial charge in [0, 0.05) is 32.6 Å². The van der Waals surface area contributed by atoms with Crippen LogP contribution in [-0.2, 0) is 16.0 Å². The van der Waals surface area contributed by atoms with Crippen LogP contribution >= 0.6 is 0 Å². The zero-order valence-corrected chi connectivity index (χ0v) is 14.7. The first-order chi connectivity index (χ1) is 11.6. The van der Waals surface area contributed by atoms with Gasteiger partial charge in [0.1, 0.15) is 5.82 Å². The number of nitrogens with zero attached hydrogens (tertiary/aromatic N) is 1. The van der Waals surface area contributed by atoms with Gasteiger partial charge in [-0.05, 0) is 56.2 Å². The van der Waals surface area contributed by atoms with Crippen molar-refractivity contribution in [2.24, 2.45) is 5.92 Å². The lowest BCUT2D eigenvalue weighted by molar-refractivity contribution is -0.121. The van der Waals surface area contributed by atoms with Crippen LogP contribution < -0.4 is 5.32 Å². The number of benzene rings is 1. The van der Waals surface area contributed by atoms with E-state index in [1.807, 2.05) is 0 Å². The summed E-state index contributed by atoms with van der Waals surface area (Å²) in [5, 5.41) is 3.01. The Kier molecular flexibility index (Phi) is 5.51. The molecular formula is C19H27N3O2. The molecule has 1 atom stereocenters. The van der Waals surface area contributed by atoms with Gasteiger partial charge in [-0.15, -0.1) is 0 Å². The van der Waals surface area contributed by atoms with Gasteiger partial charge in [0.25, 0.3) is 0 Å². The summed E-state index contributed by atoms with van der Waals surface area (Å²) in [6.07, 6.45) is 4.46. The molecule has 0 spiro atoms. The predicted molar refractivity (Wildman–Crippen MR) is 95.1 cm³/mol. The number of hydrogen-bond donors (Lipinski definition) is 2. The van der Waals surface area contributed by atoms with Crippen molar-refractivity contribution in [2.45, 2.75) is 46.0 Å². The number of ether oxygens (including phenoxy) is 1. The fraction of sp³-hybridized carbons (Fsp3) is 0.579. The van der Waals surface area contributed by atoms with Crippen molar-refractivity contribution in [1.82, 2.24) is 15.3 Å². The molecule has 1 aromatic carbocycles. The zero-order valence-electron chi connectivity index (χ0n) is 14.7. The number of rotatable bonds is 7. The molecule has 1 aromatic heterocycles. The minimum Gasteiger partial charge on any atom is -0.381 e. The topological polar surface area (TPSA) is 67.0 Å². The molecule has 1 fully saturated rings. The van der Waals surface area contributed by atoms with Gasteiger partial charge >= 0.3 is 0 Å². The van der Waals surface area contributed by atoms with Crippen molar-refractivity contribution in [3.8, 4) is 0 Å². The standard InChI is InChI=1S/C19H27N3O2/c1-13-5-6-16-19(14(13)2)22-17(21-16)7-8-18(23)20-10-3-4-15-9-11-24-12-15/h5-6,15H,3-4,7-12H2,1-2H3,(H,20,23)(H,21,22). The number of aromatic amines is 1. The van der Waals surface area contributed by atoms with Crippen molar-refractivity contribution in [1.29, 1.82) is 0 Å². The molecule has 130 valence electrons. The molecule has 5 heteroatoms. The number of hydrogen-bond acceptors (Lipinski definition) is 3. The smallest absolute Gasteiger partial charge is 0.220 e. The summed E-state index contributed by atoms with van der Waals surface area (Å²) in [6.45, 7) is 6.72. The Balaban J connectivity index is 1.41. The fourth-order valence-electron chi connectivity index (χ4n) is 3.23. The third-order valence-electron chi connectivity index (χ3n) is 4.95. The first-order valence-corrected chi connectivity index (χ1v) is 8.92. The zero-order chi connectivity index (χ0) is 16.9. The van der Waals surface area contributed by atoms with Crippen molar-refractivity contribution in [2.75, 3.05) is 19.8 Å². The third kappa shape index (κ3) is 4.15. The maximum Gasteiger partial charge on any atom is 0.220 e. The van der Waals surface area contributed by atoms with Crippen LogP contribution in [0.4, 0.5) is 0 Å². The maximum absolute atomic E-state index is 12.0. The maximum atomic E-state index is 12.0. The largest absolute Gasteiger partial charge is 0.381 e. The highest BCUT2D eigenvalue weighted by Gasteiger charge is 2.15. The minimum absolute atomic E-state index is 0.103. The third-order valence-corrected chi connectivity index (χ3v) is 4.95. The Bertz CT molecular complexity index is 702. The van der Waals surface area contributed by atoms with Gasteiger partial charge in [-0.25, -0.2) is 4.98 Å². The lowest BCUT2D eigenvalue weighted by Gasteiger charge is -2.08. The first-order valence-electron chi connectivity index (χ1n) is 8.92. The van der Waals surface area contributed by atoms with Gasteiger partial charge in [0.05, 0.1) is 11.0 Å². The summed E-state index contributed by atoms with van der Waals surface area (Å²) in [5.74, 6) is 1.67. The molecule has 0 radical (unpaired) electrons. The Morgan fingerprint density at radius 2 is 2.29 bits per heavy atom. The van der Waals surface area contributed by atoms with Crippen LogP contribution in [0.25, 0.3) is 11.0 Å². The molecule has 1 amide bonds. The predicted octanol–water partition coefficient (Wildman–Crippen LogP) is 3.05. The van der Waals surface area contributed by atoms with Crippen molar-refractivity contribution in [3.63, 3.8) is 0 Å². The van der Waals surface area contributed by atoms with E-state index in [1.165, 1.54) is 17.5 Å². The molecular weight excluding hydrogens is 302 g/mol. The minimum atomic E-state index is 0.103. The Morgan fingerprint density at radius 1 is 1.42 bits per heavy atom. The lowest BCUT2D eigenvalue weighted by atomic mass is 10.0. The summed E-state index contributed by atoms with van der Waals surface area (Å²) in [6, 6.07) is 4.16. The molecule has 2 N–H and O–H groups in total. The van der Waals surface area contributed by atoms with E-state index in [2.05, 4.69) is 41.3 Å². The monoisotopic (exact) mass is 329 g/mol. The average Bonchev–Trinajstić information content (AvgIpc) is 3.23. The SMILES string of the molecule is Cc1ccc2[nH]c(CCC(=O)NCCCC3CCOC3)nc2c1C. The molecule has 2 aromatic rings. The van der Waals surface area contributed by atoms with Gasteiger partial charge in [-0.2, -0.15) is 0 Å². The van der Waals surface area contributed by atoms with Crippen LogP contribution in [-0.4, -0.2) is 35.6 Å². The number of aryl methyl sites for hydroxylation is 3. The average molecular weight is 329 g/mol. The van der Waals surface area contributed by atoms with E-state index in [0.717, 1.165) is 49.5 Å². The van der Waals surface area contributed by atoms with Crippen molar-refractivity contribution >= 4 is 16.9 Å².